The second kappa shape index (κ2) is 7.49. The van der Waals surface area contributed by atoms with Crippen LogP contribution in [-0.4, -0.2) is 24.4 Å². The van der Waals surface area contributed by atoms with Crippen LogP contribution in [0.1, 0.15) is 16.7 Å². The average molecular weight is 332 g/mol. The molecule has 0 aliphatic carbocycles. The second-order valence-corrected chi connectivity index (χ2v) is 6.61. The summed E-state index contributed by atoms with van der Waals surface area (Å²) in [6.45, 7) is 5.18. The van der Waals surface area contributed by atoms with E-state index in [0.29, 0.717) is 6.54 Å². The van der Waals surface area contributed by atoms with E-state index in [9.17, 15) is 4.79 Å². The number of carbonyl (C=O) groups excluding carboxylic acids is 1. The molecular formula is C22H24N2O. The maximum absolute atomic E-state index is 12.4. The van der Waals surface area contributed by atoms with E-state index < -0.39 is 0 Å². The van der Waals surface area contributed by atoms with Gasteiger partial charge in [-0.3, -0.25) is 9.69 Å². The molecule has 3 rings (SSSR count). The molecular weight excluding hydrogens is 308 g/mol. The van der Waals surface area contributed by atoms with Crippen molar-refractivity contribution >= 4 is 22.4 Å². The van der Waals surface area contributed by atoms with E-state index in [4.69, 9.17) is 0 Å². The molecule has 0 aliphatic heterocycles. The smallest absolute Gasteiger partial charge is 0.238 e. The SMILES string of the molecule is Cc1cccc(NC(=O)CN(C)Cc2cccc3ccccc23)c1C. The highest BCUT2D eigenvalue weighted by Crippen LogP contribution is 2.20. The van der Waals surface area contributed by atoms with Crippen molar-refractivity contribution in [3.05, 3.63) is 77.4 Å². The number of amides is 1. The third-order valence-electron chi connectivity index (χ3n) is 4.61. The molecule has 0 unspecified atom stereocenters. The molecule has 1 N–H and O–H groups in total. The molecule has 3 nitrogen and oxygen atoms in total. The standard InChI is InChI=1S/C22H24N2O/c1-16-8-6-13-21(17(16)2)23-22(25)15-24(3)14-19-11-7-10-18-9-4-5-12-20(18)19/h4-13H,14-15H2,1-3H3,(H,23,25). The average Bonchev–Trinajstić information content (AvgIpc) is 2.59. The Balaban J connectivity index is 1.66. The summed E-state index contributed by atoms with van der Waals surface area (Å²) in [6, 6.07) is 20.6. The minimum atomic E-state index is 0.0106. The fourth-order valence-electron chi connectivity index (χ4n) is 3.10. The number of carbonyl (C=O) groups is 1. The molecule has 0 aromatic heterocycles. The Bertz CT molecular complexity index is 896. The van der Waals surface area contributed by atoms with Gasteiger partial charge in [-0.05, 0) is 54.4 Å². The predicted molar refractivity (Wildman–Crippen MR) is 105 cm³/mol. The quantitative estimate of drug-likeness (QED) is 0.744. The van der Waals surface area contributed by atoms with Crippen LogP contribution in [0.3, 0.4) is 0 Å². The van der Waals surface area contributed by atoms with Crippen molar-refractivity contribution in [2.24, 2.45) is 0 Å². The number of rotatable bonds is 5. The highest BCUT2D eigenvalue weighted by Gasteiger charge is 2.10. The zero-order chi connectivity index (χ0) is 17.8. The van der Waals surface area contributed by atoms with Gasteiger partial charge in [-0.15, -0.1) is 0 Å². The van der Waals surface area contributed by atoms with Gasteiger partial charge >= 0.3 is 0 Å². The van der Waals surface area contributed by atoms with Crippen LogP contribution < -0.4 is 5.32 Å². The minimum Gasteiger partial charge on any atom is -0.325 e. The number of likely N-dealkylation sites (N-methyl/N-ethyl adjacent to an activating group) is 1. The van der Waals surface area contributed by atoms with E-state index in [-0.39, 0.29) is 5.91 Å². The molecule has 128 valence electrons. The van der Waals surface area contributed by atoms with Gasteiger partial charge in [0.15, 0.2) is 0 Å². The molecule has 1 amide bonds. The summed E-state index contributed by atoms with van der Waals surface area (Å²) in [5.41, 5.74) is 4.43. The Kier molecular flexibility index (Phi) is 5.15. The number of anilines is 1. The Morgan fingerprint density at radius 3 is 2.52 bits per heavy atom. The van der Waals surface area contributed by atoms with Crippen molar-refractivity contribution in [2.45, 2.75) is 20.4 Å². The maximum Gasteiger partial charge on any atom is 0.238 e. The van der Waals surface area contributed by atoms with Gasteiger partial charge in [0.25, 0.3) is 0 Å². The molecule has 0 bridgehead atoms. The van der Waals surface area contributed by atoms with Crippen LogP contribution in [0.2, 0.25) is 0 Å². The molecule has 0 fully saturated rings. The molecule has 25 heavy (non-hydrogen) atoms. The third kappa shape index (κ3) is 4.06. The van der Waals surface area contributed by atoms with Crippen molar-refractivity contribution in [2.75, 3.05) is 18.9 Å². The first kappa shape index (κ1) is 17.2. The van der Waals surface area contributed by atoms with Crippen molar-refractivity contribution in [1.29, 1.82) is 0 Å². The van der Waals surface area contributed by atoms with E-state index in [1.807, 2.05) is 37.1 Å². The highest BCUT2D eigenvalue weighted by atomic mass is 16.2. The van der Waals surface area contributed by atoms with Crippen molar-refractivity contribution < 1.29 is 4.79 Å². The van der Waals surface area contributed by atoms with Crippen LogP contribution in [0.15, 0.2) is 60.7 Å². The van der Waals surface area contributed by atoms with E-state index in [0.717, 1.165) is 17.8 Å². The van der Waals surface area contributed by atoms with E-state index in [1.54, 1.807) is 0 Å². The lowest BCUT2D eigenvalue weighted by atomic mass is 10.0. The van der Waals surface area contributed by atoms with Crippen LogP contribution >= 0.6 is 0 Å². The zero-order valence-corrected chi connectivity index (χ0v) is 15.0. The van der Waals surface area contributed by atoms with Gasteiger partial charge in [-0.25, -0.2) is 0 Å². The number of benzene rings is 3. The number of fused-ring (bicyclic) bond motifs is 1. The largest absolute Gasteiger partial charge is 0.325 e. The van der Waals surface area contributed by atoms with Crippen LogP contribution in [0.4, 0.5) is 5.69 Å². The lowest BCUT2D eigenvalue weighted by Gasteiger charge is -2.18. The highest BCUT2D eigenvalue weighted by molar-refractivity contribution is 5.93. The van der Waals surface area contributed by atoms with E-state index in [1.165, 1.54) is 21.9 Å². The topological polar surface area (TPSA) is 32.3 Å². The summed E-state index contributed by atoms with van der Waals surface area (Å²) >= 11 is 0. The number of nitrogens with zero attached hydrogens (tertiary/aromatic N) is 1. The molecule has 3 aromatic rings. The molecule has 0 aliphatic rings. The van der Waals surface area contributed by atoms with Crippen LogP contribution in [-0.2, 0) is 11.3 Å². The van der Waals surface area contributed by atoms with E-state index >= 15 is 0 Å². The number of hydrogen-bond acceptors (Lipinski definition) is 2. The minimum absolute atomic E-state index is 0.0106. The summed E-state index contributed by atoms with van der Waals surface area (Å²) < 4.78 is 0. The van der Waals surface area contributed by atoms with Gasteiger partial charge in [0.1, 0.15) is 0 Å². The van der Waals surface area contributed by atoms with Gasteiger partial charge in [-0.1, -0.05) is 54.6 Å². The van der Waals surface area contributed by atoms with Crippen molar-refractivity contribution in [3.63, 3.8) is 0 Å². The summed E-state index contributed by atoms with van der Waals surface area (Å²) in [5, 5.41) is 5.50. The maximum atomic E-state index is 12.4. The van der Waals surface area contributed by atoms with Crippen LogP contribution in [0, 0.1) is 13.8 Å². The first-order valence-electron chi connectivity index (χ1n) is 8.56. The lowest BCUT2D eigenvalue weighted by Crippen LogP contribution is -2.30. The predicted octanol–water partition coefficient (Wildman–Crippen LogP) is 4.53. The molecule has 0 atom stereocenters. The summed E-state index contributed by atoms with van der Waals surface area (Å²) in [4.78, 5) is 14.4. The third-order valence-corrected chi connectivity index (χ3v) is 4.61. The number of nitrogens with one attached hydrogen (secondary N) is 1. The second-order valence-electron chi connectivity index (χ2n) is 6.61. The zero-order valence-electron chi connectivity index (χ0n) is 15.0. The number of aryl methyl sites for hydroxylation is 1. The molecule has 3 aromatic carbocycles. The normalized spacial score (nSPS) is 11.0. The van der Waals surface area contributed by atoms with Gasteiger partial charge in [0.2, 0.25) is 5.91 Å². The van der Waals surface area contributed by atoms with Crippen LogP contribution in [0.25, 0.3) is 10.8 Å². The van der Waals surface area contributed by atoms with Gasteiger partial charge in [0, 0.05) is 12.2 Å². The van der Waals surface area contributed by atoms with Gasteiger partial charge in [0.05, 0.1) is 6.54 Å². The van der Waals surface area contributed by atoms with Crippen molar-refractivity contribution in [1.82, 2.24) is 4.90 Å². The Labute approximate surface area is 149 Å². The summed E-state index contributed by atoms with van der Waals surface area (Å²) in [6.07, 6.45) is 0. The first-order valence-corrected chi connectivity index (χ1v) is 8.56. The lowest BCUT2D eigenvalue weighted by molar-refractivity contribution is -0.117. The fraction of sp³-hybridized carbons (Fsp3) is 0.227. The molecule has 0 saturated heterocycles. The fourth-order valence-corrected chi connectivity index (χ4v) is 3.10. The van der Waals surface area contributed by atoms with Crippen molar-refractivity contribution in [3.8, 4) is 0 Å². The molecule has 3 heteroatoms. The molecule has 0 spiro atoms. The number of hydrogen-bond donors (Lipinski definition) is 1. The molecule has 0 saturated carbocycles. The summed E-state index contributed by atoms with van der Waals surface area (Å²) in [7, 11) is 1.98. The monoisotopic (exact) mass is 332 g/mol. The Morgan fingerprint density at radius 2 is 1.68 bits per heavy atom. The van der Waals surface area contributed by atoms with Crippen LogP contribution in [0.5, 0.6) is 0 Å². The van der Waals surface area contributed by atoms with Gasteiger partial charge in [-0.2, -0.15) is 0 Å². The molecule has 0 heterocycles. The van der Waals surface area contributed by atoms with Gasteiger partial charge < -0.3 is 5.32 Å². The molecule has 0 radical (unpaired) electrons. The Hall–Kier alpha value is -2.65. The van der Waals surface area contributed by atoms with E-state index in [2.05, 4.69) is 54.7 Å². The summed E-state index contributed by atoms with van der Waals surface area (Å²) in [5.74, 6) is 0.0106. The first-order chi connectivity index (χ1) is 12.0. The Morgan fingerprint density at radius 1 is 0.960 bits per heavy atom.